The van der Waals surface area contributed by atoms with Gasteiger partial charge in [0.05, 0.1) is 25.5 Å². The lowest BCUT2D eigenvalue weighted by Gasteiger charge is -2.32. The van der Waals surface area contributed by atoms with E-state index in [-0.39, 0.29) is 5.90 Å². The number of aliphatic imine (C=N–C) groups is 1. The van der Waals surface area contributed by atoms with E-state index in [2.05, 4.69) is 5.32 Å². The van der Waals surface area contributed by atoms with Crippen LogP contribution in [0.5, 0.6) is 11.5 Å². The Labute approximate surface area is 203 Å². The number of rotatable bonds is 6. The highest BCUT2D eigenvalue weighted by molar-refractivity contribution is 6.01. The van der Waals surface area contributed by atoms with Gasteiger partial charge in [-0.3, -0.25) is 0 Å². The van der Waals surface area contributed by atoms with E-state index in [4.69, 9.17) is 19.2 Å². The monoisotopic (exact) mass is 468 g/mol. The summed E-state index contributed by atoms with van der Waals surface area (Å²) in [5, 5.41) is 3.45. The number of anilines is 1. The van der Waals surface area contributed by atoms with Crippen LogP contribution in [0.2, 0.25) is 0 Å². The minimum atomic E-state index is -1.39. The third-order valence-electron chi connectivity index (χ3n) is 6.03. The molecule has 4 aromatic carbocycles. The molecule has 1 heterocycles. The van der Waals surface area contributed by atoms with E-state index in [0.717, 1.165) is 11.1 Å². The summed E-state index contributed by atoms with van der Waals surface area (Å²) in [5.74, 6) is 1.07. The van der Waals surface area contributed by atoms with Gasteiger partial charge in [-0.1, -0.05) is 60.2 Å². The highest BCUT2D eigenvalue weighted by atomic mass is 19.1. The van der Waals surface area contributed by atoms with Crippen LogP contribution >= 0.6 is 0 Å². The number of ether oxygens (including phenoxy) is 3. The summed E-state index contributed by atoms with van der Waals surface area (Å²) in [6, 6.07) is 27.6. The van der Waals surface area contributed by atoms with E-state index in [1.807, 2.05) is 85.8 Å². The first kappa shape index (κ1) is 22.5. The van der Waals surface area contributed by atoms with Crippen molar-refractivity contribution in [2.24, 2.45) is 4.99 Å². The van der Waals surface area contributed by atoms with Crippen molar-refractivity contribution in [2.75, 3.05) is 19.5 Å². The molecule has 5 rings (SSSR count). The second-order valence-electron chi connectivity index (χ2n) is 8.23. The first-order valence-corrected chi connectivity index (χ1v) is 11.2. The summed E-state index contributed by atoms with van der Waals surface area (Å²) in [6.07, 6.45) is 0. The number of benzene rings is 4. The molecule has 35 heavy (non-hydrogen) atoms. The molecule has 0 amide bonds. The van der Waals surface area contributed by atoms with Crippen LogP contribution in [-0.4, -0.2) is 20.1 Å². The lowest BCUT2D eigenvalue weighted by molar-refractivity contribution is 0.140. The Balaban J connectivity index is 1.76. The molecule has 0 saturated heterocycles. The van der Waals surface area contributed by atoms with Crippen LogP contribution in [0.25, 0.3) is 0 Å². The van der Waals surface area contributed by atoms with Crippen LogP contribution in [0.15, 0.2) is 96.0 Å². The predicted molar refractivity (Wildman–Crippen MR) is 135 cm³/mol. The third-order valence-corrected chi connectivity index (χ3v) is 6.03. The van der Waals surface area contributed by atoms with Gasteiger partial charge in [-0.2, -0.15) is 0 Å². The number of hydrogen-bond acceptors (Lipinski definition) is 5. The topological polar surface area (TPSA) is 52.1 Å². The highest BCUT2D eigenvalue weighted by Gasteiger charge is 2.49. The first-order valence-electron chi connectivity index (χ1n) is 11.2. The van der Waals surface area contributed by atoms with E-state index in [9.17, 15) is 0 Å². The van der Waals surface area contributed by atoms with Crippen molar-refractivity contribution in [3.8, 4) is 11.5 Å². The average molecular weight is 469 g/mol. The Bertz CT molecular complexity index is 1400. The molecule has 176 valence electrons. The molecule has 0 saturated carbocycles. The summed E-state index contributed by atoms with van der Waals surface area (Å²) in [5.41, 5.74) is 2.56. The molecule has 1 unspecified atom stereocenters. The minimum absolute atomic E-state index is 0.284. The van der Waals surface area contributed by atoms with Crippen LogP contribution in [0, 0.1) is 12.7 Å². The predicted octanol–water partition coefficient (Wildman–Crippen LogP) is 6.57. The number of hydrogen-bond donors (Lipinski definition) is 1. The molecule has 6 heteroatoms. The molecular formula is C29H25FN2O3. The van der Waals surface area contributed by atoms with Gasteiger partial charge in [0, 0.05) is 11.1 Å². The summed E-state index contributed by atoms with van der Waals surface area (Å²) in [4.78, 5) is 4.77. The molecule has 1 atom stereocenters. The maximum atomic E-state index is 15.7. The van der Waals surface area contributed by atoms with Crippen LogP contribution < -0.4 is 14.8 Å². The largest absolute Gasteiger partial charge is 0.495 e. The number of aryl methyl sites for hydroxylation is 1. The Morgan fingerprint density at radius 2 is 1.49 bits per heavy atom. The number of fused-ring (bicyclic) bond motifs is 1. The smallest absolute Gasteiger partial charge is 0.239 e. The molecule has 0 fully saturated rings. The Morgan fingerprint density at radius 3 is 2.23 bits per heavy atom. The molecule has 5 nitrogen and oxygen atoms in total. The SMILES string of the molecule is COc1ccccc1/N=C1\OC(Nc2ccccc2OC)(c2ccc(C)cc2)c2c(F)cccc21. The van der Waals surface area contributed by atoms with E-state index < -0.39 is 11.5 Å². The molecule has 4 aromatic rings. The van der Waals surface area contributed by atoms with Gasteiger partial charge in [-0.05, 0) is 43.3 Å². The molecule has 0 aromatic heterocycles. The van der Waals surface area contributed by atoms with Gasteiger partial charge in [-0.25, -0.2) is 9.38 Å². The summed E-state index contributed by atoms with van der Waals surface area (Å²) in [7, 11) is 3.18. The second kappa shape index (κ2) is 9.14. The average Bonchev–Trinajstić information content (AvgIpc) is 3.20. The van der Waals surface area contributed by atoms with Crippen molar-refractivity contribution in [1.29, 1.82) is 0 Å². The van der Waals surface area contributed by atoms with Crippen molar-refractivity contribution < 1.29 is 18.6 Å². The van der Waals surface area contributed by atoms with Crippen molar-refractivity contribution in [2.45, 2.75) is 12.6 Å². The van der Waals surface area contributed by atoms with Crippen LogP contribution in [-0.2, 0) is 10.5 Å². The molecule has 1 N–H and O–H groups in total. The molecular weight excluding hydrogens is 443 g/mol. The van der Waals surface area contributed by atoms with E-state index >= 15 is 4.39 Å². The zero-order valence-electron chi connectivity index (χ0n) is 19.7. The second-order valence-corrected chi connectivity index (χ2v) is 8.23. The van der Waals surface area contributed by atoms with Crippen molar-refractivity contribution in [1.82, 2.24) is 0 Å². The third kappa shape index (κ3) is 3.97. The number of para-hydroxylation sites is 4. The van der Waals surface area contributed by atoms with Crippen LogP contribution in [0.4, 0.5) is 15.8 Å². The van der Waals surface area contributed by atoms with E-state index in [1.165, 1.54) is 6.07 Å². The Kier molecular flexibility index (Phi) is 5.87. The van der Waals surface area contributed by atoms with E-state index in [1.54, 1.807) is 20.3 Å². The van der Waals surface area contributed by atoms with E-state index in [0.29, 0.717) is 34.0 Å². The standard InChI is InChI=1S/C29H25FN2O3/c1-19-15-17-20(18-16-19)29(32-24-12-5-7-14-26(24)34-3)27-21(9-8-10-22(27)30)28(35-29)31-23-11-4-6-13-25(23)33-2/h4-18,32H,1-3H3/b31-28-. The van der Waals surface area contributed by atoms with Gasteiger partial charge < -0.3 is 19.5 Å². The van der Waals surface area contributed by atoms with Crippen molar-refractivity contribution in [3.05, 3.63) is 119 Å². The number of methoxy groups -OCH3 is 2. The molecule has 0 radical (unpaired) electrons. The minimum Gasteiger partial charge on any atom is -0.495 e. The highest BCUT2D eigenvalue weighted by Crippen LogP contribution is 2.46. The number of nitrogens with one attached hydrogen (secondary N) is 1. The summed E-state index contributed by atoms with van der Waals surface area (Å²) >= 11 is 0. The lowest BCUT2D eigenvalue weighted by atomic mass is 9.91. The van der Waals surface area contributed by atoms with Gasteiger partial charge in [-0.15, -0.1) is 0 Å². The van der Waals surface area contributed by atoms with Gasteiger partial charge in [0.15, 0.2) is 0 Å². The van der Waals surface area contributed by atoms with Crippen molar-refractivity contribution in [3.63, 3.8) is 0 Å². The quantitative estimate of drug-likeness (QED) is 0.348. The van der Waals surface area contributed by atoms with Gasteiger partial charge >= 0.3 is 0 Å². The Hall–Kier alpha value is -4.32. The molecule has 0 aliphatic carbocycles. The number of nitrogens with zero attached hydrogens (tertiary/aromatic N) is 1. The lowest BCUT2D eigenvalue weighted by Crippen LogP contribution is -2.38. The van der Waals surface area contributed by atoms with Crippen LogP contribution in [0.3, 0.4) is 0 Å². The normalized spacial score (nSPS) is 17.5. The maximum Gasteiger partial charge on any atom is 0.239 e. The van der Waals surface area contributed by atoms with Crippen molar-refractivity contribution >= 4 is 17.3 Å². The number of halogens is 1. The zero-order chi connectivity index (χ0) is 24.4. The zero-order valence-corrected chi connectivity index (χ0v) is 19.7. The van der Waals surface area contributed by atoms with Gasteiger partial charge in [0.25, 0.3) is 0 Å². The fraction of sp³-hybridized carbons (Fsp3) is 0.138. The molecule has 1 aliphatic rings. The van der Waals surface area contributed by atoms with Gasteiger partial charge in [0.1, 0.15) is 23.0 Å². The Morgan fingerprint density at radius 1 is 0.800 bits per heavy atom. The summed E-state index contributed by atoms with van der Waals surface area (Å²) < 4.78 is 33.3. The maximum absolute atomic E-state index is 15.7. The van der Waals surface area contributed by atoms with Crippen LogP contribution in [0.1, 0.15) is 22.3 Å². The molecule has 1 aliphatic heterocycles. The van der Waals surface area contributed by atoms with Gasteiger partial charge in [0.2, 0.25) is 11.6 Å². The molecule has 0 bridgehead atoms. The first-order chi connectivity index (χ1) is 17.1. The fourth-order valence-corrected chi connectivity index (χ4v) is 4.32. The molecule has 0 spiro atoms. The fourth-order valence-electron chi connectivity index (χ4n) is 4.32. The summed E-state index contributed by atoms with van der Waals surface area (Å²) in [6.45, 7) is 2.00.